The minimum Gasteiger partial charge on any atom is -0.354 e. The lowest BCUT2D eigenvalue weighted by Crippen LogP contribution is -2.51. The van der Waals surface area contributed by atoms with Gasteiger partial charge in [-0.3, -0.25) is 13.9 Å². The molecular weight excluding hydrogens is 616 g/mol. The number of amides is 2. The highest BCUT2D eigenvalue weighted by Crippen LogP contribution is 2.36. The average Bonchev–Trinajstić information content (AvgIpc) is 2.91. The number of benzene rings is 3. The number of carbonyl (C=O) groups is 2. The van der Waals surface area contributed by atoms with Crippen LogP contribution in [0.1, 0.15) is 31.4 Å². The summed E-state index contributed by atoms with van der Waals surface area (Å²) in [6, 6.07) is 14.6. The molecule has 0 fully saturated rings. The van der Waals surface area contributed by atoms with Gasteiger partial charge >= 0.3 is 0 Å². The molecule has 2 amide bonds. The number of carbonyl (C=O) groups excluding carboxylic acids is 2. The zero-order valence-corrected chi connectivity index (χ0v) is 26.0. The molecule has 1 atom stereocenters. The Hall–Kier alpha value is -2.49. The van der Waals surface area contributed by atoms with Crippen molar-refractivity contribution in [3.05, 3.63) is 91.9 Å². The standard InChI is InChI=1S/C28H29Cl4N3O4S/c1-4-15-33-28(37)19(3)34(16-21-22(29)7-5-8-23(21)30)26(36)17-35(25-10-6-9-24(31)27(25)32)40(38,39)20-13-11-18(2)12-14-20/h5-14,19H,4,15-17H2,1-3H3,(H,33,37)/t19-/m0/s1. The average molecular weight is 645 g/mol. The first-order chi connectivity index (χ1) is 18.9. The lowest BCUT2D eigenvalue weighted by molar-refractivity contribution is -0.139. The van der Waals surface area contributed by atoms with Crippen molar-refractivity contribution in [1.82, 2.24) is 10.2 Å². The molecule has 1 N–H and O–H groups in total. The molecule has 7 nitrogen and oxygen atoms in total. The zero-order valence-electron chi connectivity index (χ0n) is 22.1. The second-order valence-electron chi connectivity index (χ2n) is 9.09. The van der Waals surface area contributed by atoms with Crippen LogP contribution in [0.2, 0.25) is 20.1 Å². The van der Waals surface area contributed by atoms with Crippen molar-refractivity contribution in [1.29, 1.82) is 0 Å². The van der Waals surface area contributed by atoms with Crippen molar-refractivity contribution in [2.75, 3.05) is 17.4 Å². The summed E-state index contributed by atoms with van der Waals surface area (Å²) >= 11 is 25.5. The molecule has 0 saturated carbocycles. The summed E-state index contributed by atoms with van der Waals surface area (Å²) < 4.78 is 28.7. The predicted octanol–water partition coefficient (Wildman–Crippen LogP) is 6.75. The van der Waals surface area contributed by atoms with E-state index in [4.69, 9.17) is 46.4 Å². The van der Waals surface area contributed by atoms with Crippen LogP contribution in [0.25, 0.3) is 0 Å². The summed E-state index contributed by atoms with van der Waals surface area (Å²) in [7, 11) is -4.30. The number of anilines is 1. The molecule has 12 heteroatoms. The van der Waals surface area contributed by atoms with Gasteiger partial charge in [0.05, 0.1) is 20.6 Å². The van der Waals surface area contributed by atoms with Crippen LogP contribution in [0, 0.1) is 6.92 Å². The Balaban J connectivity index is 2.10. The van der Waals surface area contributed by atoms with E-state index >= 15 is 0 Å². The maximum Gasteiger partial charge on any atom is 0.264 e. The Kier molecular flexibility index (Phi) is 11.1. The highest BCUT2D eigenvalue weighted by atomic mass is 35.5. The fourth-order valence-electron chi connectivity index (χ4n) is 3.87. The molecular formula is C28H29Cl4N3O4S. The minimum absolute atomic E-state index is 0.0157. The summed E-state index contributed by atoms with van der Waals surface area (Å²) in [6.45, 7) is 4.88. The highest BCUT2D eigenvalue weighted by molar-refractivity contribution is 7.92. The fourth-order valence-corrected chi connectivity index (χ4v) is 6.26. The summed E-state index contributed by atoms with van der Waals surface area (Å²) in [4.78, 5) is 28.2. The van der Waals surface area contributed by atoms with Crippen LogP contribution >= 0.6 is 46.4 Å². The summed E-state index contributed by atoms with van der Waals surface area (Å²) in [5, 5.41) is 3.45. The number of nitrogens with one attached hydrogen (secondary N) is 1. The number of hydrogen-bond acceptors (Lipinski definition) is 4. The molecule has 0 bridgehead atoms. The fraction of sp³-hybridized carbons (Fsp3) is 0.286. The van der Waals surface area contributed by atoms with Crippen LogP contribution in [0.15, 0.2) is 65.6 Å². The molecule has 0 saturated heterocycles. The van der Waals surface area contributed by atoms with E-state index in [0.717, 1.165) is 9.87 Å². The van der Waals surface area contributed by atoms with Gasteiger partial charge in [-0.2, -0.15) is 0 Å². The molecule has 3 rings (SSSR count). The van der Waals surface area contributed by atoms with Gasteiger partial charge in [-0.05, 0) is 56.7 Å². The molecule has 0 aromatic heterocycles. The van der Waals surface area contributed by atoms with Gasteiger partial charge < -0.3 is 10.2 Å². The summed E-state index contributed by atoms with van der Waals surface area (Å²) in [5.41, 5.74) is 1.29. The van der Waals surface area contributed by atoms with Gasteiger partial charge in [0.25, 0.3) is 10.0 Å². The maximum absolute atomic E-state index is 14.0. The van der Waals surface area contributed by atoms with Crippen molar-refractivity contribution in [2.45, 2.75) is 44.7 Å². The molecule has 0 spiro atoms. The normalized spacial score (nSPS) is 12.1. The van der Waals surface area contributed by atoms with E-state index in [-0.39, 0.29) is 27.2 Å². The number of nitrogens with zero attached hydrogens (tertiary/aromatic N) is 2. The third-order valence-corrected chi connectivity index (χ3v) is 9.49. The first-order valence-electron chi connectivity index (χ1n) is 12.4. The van der Waals surface area contributed by atoms with Crippen LogP contribution in [-0.2, 0) is 26.2 Å². The van der Waals surface area contributed by atoms with Gasteiger partial charge in [0.15, 0.2) is 0 Å². The molecule has 214 valence electrons. The first kappa shape index (κ1) is 32.0. The number of aryl methyl sites for hydroxylation is 1. The molecule has 0 heterocycles. The van der Waals surface area contributed by atoms with Gasteiger partial charge in [0.1, 0.15) is 12.6 Å². The Bertz CT molecular complexity index is 1460. The Morgan fingerprint density at radius 3 is 2.08 bits per heavy atom. The van der Waals surface area contributed by atoms with Gasteiger partial charge in [-0.15, -0.1) is 0 Å². The van der Waals surface area contributed by atoms with Crippen LogP contribution in [0.4, 0.5) is 5.69 Å². The van der Waals surface area contributed by atoms with Crippen molar-refractivity contribution < 1.29 is 18.0 Å². The Morgan fingerprint density at radius 2 is 1.48 bits per heavy atom. The largest absolute Gasteiger partial charge is 0.354 e. The lowest BCUT2D eigenvalue weighted by atomic mass is 10.1. The number of sulfonamides is 1. The molecule has 3 aromatic rings. The second kappa shape index (κ2) is 13.9. The van der Waals surface area contributed by atoms with E-state index in [1.807, 2.05) is 13.8 Å². The molecule has 40 heavy (non-hydrogen) atoms. The van der Waals surface area contributed by atoms with Crippen LogP contribution in [0.3, 0.4) is 0 Å². The van der Waals surface area contributed by atoms with Crippen LogP contribution < -0.4 is 9.62 Å². The summed E-state index contributed by atoms with van der Waals surface area (Å²) in [5.74, 6) is -1.09. The lowest BCUT2D eigenvalue weighted by Gasteiger charge is -2.32. The minimum atomic E-state index is -4.30. The number of hydrogen-bond donors (Lipinski definition) is 1. The van der Waals surface area contributed by atoms with Crippen molar-refractivity contribution in [3.8, 4) is 0 Å². The zero-order chi connectivity index (χ0) is 29.6. The van der Waals surface area contributed by atoms with E-state index in [9.17, 15) is 18.0 Å². The number of rotatable bonds is 11. The van der Waals surface area contributed by atoms with Crippen LogP contribution in [0.5, 0.6) is 0 Å². The quantitative estimate of drug-likeness (QED) is 0.250. The Labute approximate surface area is 255 Å². The molecule has 3 aromatic carbocycles. The molecule has 0 aliphatic heterocycles. The topological polar surface area (TPSA) is 86.8 Å². The summed E-state index contributed by atoms with van der Waals surface area (Å²) in [6.07, 6.45) is 0.693. The van der Waals surface area contributed by atoms with Gasteiger partial charge in [0, 0.05) is 28.7 Å². The van der Waals surface area contributed by atoms with E-state index < -0.39 is 34.4 Å². The molecule has 0 unspecified atom stereocenters. The SMILES string of the molecule is CCCNC(=O)[C@H](C)N(Cc1c(Cl)cccc1Cl)C(=O)CN(c1cccc(Cl)c1Cl)S(=O)(=O)c1ccc(C)cc1. The first-order valence-corrected chi connectivity index (χ1v) is 15.4. The number of halogens is 4. The van der Waals surface area contributed by atoms with E-state index in [2.05, 4.69) is 5.32 Å². The van der Waals surface area contributed by atoms with E-state index in [0.29, 0.717) is 28.6 Å². The third kappa shape index (κ3) is 7.42. The maximum atomic E-state index is 14.0. The van der Waals surface area contributed by atoms with Gasteiger partial charge in [0.2, 0.25) is 11.8 Å². The van der Waals surface area contributed by atoms with E-state index in [1.165, 1.54) is 35.2 Å². The Morgan fingerprint density at radius 1 is 0.900 bits per heavy atom. The van der Waals surface area contributed by atoms with E-state index in [1.54, 1.807) is 37.3 Å². The van der Waals surface area contributed by atoms with Crippen molar-refractivity contribution in [3.63, 3.8) is 0 Å². The smallest absolute Gasteiger partial charge is 0.264 e. The predicted molar refractivity (Wildman–Crippen MR) is 162 cm³/mol. The van der Waals surface area contributed by atoms with Crippen molar-refractivity contribution in [2.24, 2.45) is 0 Å². The molecule has 0 aliphatic carbocycles. The monoisotopic (exact) mass is 643 g/mol. The van der Waals surface area contributed by atoms with Gasteiger partial charge in [-0.1, -0.05) is 83.2 Å². The molecule has 0 aliphatic rings. The van der Waals surface area contributed by atoms with Gasteiger partial charge in [-0.25, -0.2) is 8.42 Å². The highest BCUT2D eigenvalue weighted by Gasteiger charge is 2.34. The molecule has 0 radical (unpaired) electrons. The second-order valence-corrected chi connectivity index (χ2v) is 12.5. The third-order valence-electron chi connectivity index (χ3n) is 6.19. The van der Waals surface area contributed by atoms with Crippen molar-refractivity contribution >= 4 is 73.9 Å². The van der Waals surface area contributed by atoms with Crippen LogP contribution in [-0.4, -0.2) is 44.3 Å².